The summed E-state index contributed by atoms with van der Waals surface area (Å²) in [7, 11) is 0. The number of nitrogens with one attached hydrogen (secondary N) is 2. The van der Waals surface area contributed by atoms with Gasteiger partial charge in [0.25, 0.3) is 0 Å². The number of benzene rings is 2. The van der Waals surface area contributed by atoms with Gasteiger partial charge in [-0.3, -0.25) is 19.8 Å². The van der Waals surface area contributed by atoms with E-state index in [1.54, 1.807) is 0 Å². The third-order valence-corrected chi connectivity index (χ3v) is 10.8. The number of carbonyl (C=O) groups excluding carboxylic acids is 2. The zero-order chi connectivity index (χ0) is 32.0. The average Bonchev–Trinajstić information content (AvgIpc) is 3.06. The van der Waals surface area contributed by atoms with E-state index in [1.165, 1.54) is 43.2 Å². The van der Waals surface area contributed by atoms with Crippen LogP contribution in [-0.4, -0.2) is 90.5 Å². The van der Waals surface area contributed by atoms with E-state index in [-0.39, 0.29) is 17.4 Å². The molecule has 2 N–H and O–H groups in total. The summed E-state index contributed by atoms with van der Waals surface area (Å²) >= 11 is 6.17. The average molecular weight is 636 g/mol. The van der Waals surface area contributed by atoms with Crippen LogP contribution in [0.1, 0.15) is 76.5 Å². The quantitative estimate of drug-likeness (QED) is 0.353. The number of fused-ring (bicyclic) bond motifs is 1. The highest BCUT2D eigenvalue weighted by molar-refractivity contribution is 6.30. The third-order valence-electron chi connectivity index (χ3n) is 10.6. The smallest absolute Gasteiger partial charge is 0.245 e. The highest BCUT2D eigenvalue weighted by Crippen LogP contribution is 2.31. The van der Waals surface area contributed by atoms with Gasteiger partial charge in [0.05, 0.1) is 6.04 Å². The predicted octanol–water partition coefficient (Wildman–Crippen LogP) is 5.25. The lowest BCUT2D eigenvalue weighted by atomic mass is 9.82. The Morgan fingerprint density at radius 2 is 1.64 bits per heavy atom. The molecule has 0 radical (unpaired) electrons. The molecule has 2 unspecified atom stereocenters. The maximum Gasteiger partial charge on any atom is 0.245 e. The standard InChI is InChI=1S/C37H54ClN5O2/c1-5-41(6-2)26-34(28-12-8-7-9-13-28)42-20-22-43(23-21-42)36(45)33(24-27-16-18-30(38)19-17-27)39-35(44)32-25-29-14-10-11-15-31(29)37(3,4)40-32/h10-11,14-19,28,32-34,40H,5-9,12-13,20-26H2,1-4H3,(H,39,44)/t32?,33-,34?/m1/s1. The molecule has 45 heavy (non-hydrogen) atoms. The minimum atomic E-state index is -0.642. The highest BCUT2D eigenvalue weighted by atomic mass is 35.5. The molecule has 2 aliphatic heterocycles. The maximum atomic E-state index is 14.2. The van der Waals surface area contributed by atoms with Crippen LogP contribution in [0.25, 0.3) is 0 Å². The van der Waals surface area contributed by atoms with Gasteiger partial charge in [0.1, 0.15) is 6.04 Å². The number of carbonyl (C=O) groups is 2. The van der Waals surface area contributed by atoms with Gasteiger partial charge < -0.3 is 15.1 Å². The molecule has 0 aromatic heterocycles. The molecule has 3 aliphatic rings. The first-order valence-electron chi connectivity index (χ1n) is 17.3. The van der Waals surface area contributed by atoms with Gasteiger partial charge in [-0.2, -0.15) is 0 Å². The molecule has 3 atom stereocenters. The van der Waals surface area contributed by atoms with Gasteiger partial charge >= 0.3 is 0 Å². The molecule has 1 saturated carbocycles. The van der Waals surface area contributed by atoms with Crippen LogP contribution in [0.5, 0.6) is 0 Å². The van der Waals surface area contributed by atoms with Gasteiger partial charge in [-0.05, 0) is 80.9 Å². The van der Waals surface area contributed by atoms with Gasteiger partial charge in [0.2, 0.25) is 11.8 Å². The van der Waals surface area contributed by atoms with Crippen LogP contribution in [0.4, 0.5) is 0 Å². The molecule has 0 spiro atoms. The molecular weight excluding hydrogens is 582 g/mol. The van der Waals surface area contributed by atoms with Crippen molar-refractivity contribution in [3.8, 4) is 0 Å². The Morgan fingerprint density at radius 3 is 2.31 bits per heavy atom. The van der Waals surface area contributed by atoms with E-state index in [0.717, 1.165) is 44.2 Å². The highest BCUT2D eigenvalue weighted by Gasteiger charge is 2.38. The lowest BCUT2D eigenvalue weighted by molar-refractivity contribution is -0.139. The summed E-state index contributed by atoms with van der Waals surface area (Å²) in [4.78, 5) is 35.2. The summed E-state index contributed by atoms with van der Waals surface area (Å²) in [5.41, 5.74) is 3.03. The van der Waals surface area contributed by atoms with Crippen LogP contribution < -0.4 is 10.6 Å². The van der Waals surface area contributed by atoms with Crippen molar-refractivity contribution in [3.63, 3.8) is 0 Å². The van der Waals surface area contributed by atoms with Crippen LogP contribution in [0, 0.1) is 5.92 Å². The van der Waals surface area contributed by atoms with Crippen LogP contribution in [-0.2, 0) is 28.0 Å². The number of nitrogens with zero attached hydrogens (tertiary/aromatic N) is 3. The van der Waals surface area contributed by atoms with Crippen molar-refractivity contribution in [1.29, 1.82) is 0 Å². The third kappa shape index (κ3) is 8.48. The number of halogens is 1. The minimum absolute atomic E-state index is 0.00591. The second-order valence-electron chi connectivity index (χ2n) is 13.9. The molecule has 7 nitrogen and oxygen atoms in total. The lowest BCUT2D eigenvalue weighted by Gasteiger charge is -2.45. The Labute approximate surface area is 276 Å². The van der Waals surface area contributed by atoms with Gasteiger partial charge in [-0.25, -0.2) is 0 Å². The monoisotopic (exact) mass is 635 g/mol. The van der Waals surface area contributed by atoms with E-state index < -0.39 is 12.1 Å². The van der Waals surface area contributed by atoms with Gasteiger partial charge in [0, 0.05) is 55.7 Å². The first-order valence-corrected chi connectivity index (χ1v) is 17.7. The maximum absolute atomic E-state index is 14.2. The Bertz CT molecular complexity index is 1270. The first kappa shape index (κ1) is 33.9. The molecular formula is C37H54ClN5O2. The fourth-order valence-electron chi connectivity index (χ4n) is 7.90. The number of rotatable bonds is 11. The van der Waals surface area contributed by atoms with Crippen molar-refractivity contribution in [2.45, 2.75) is 96.3 Å². The molecule has 2 heterocycles. The summed E-state index contributed by atoms with van der Waals surface area (Å²) in [6.45, 7) is 15.1. The molecule has 2 fully saturated rings. The Morgan fingerprint density at radius 1 is 0.978 bits per heavy atom. The lowest BCUT2D eigenvalue weighted by Crippen LogP contribution is -2.61. The summed E-state index contributed by atoms with van der Waals surface area (Å²) < 4.78 is 0. The van der Waals surface area contributed by atoms with Crippen LogP contribution in [0.2, 0.25) is 5.02 Å². The molecule has 8 heteroatoms. The molecule has 246 valence electrons. The fraction of sp³-hybridized carbons (Fsp3) is 0.622. The van der Waals surface area contributed by atoms with Crippen LogP contribution in [0.15, 0.2) is 48.5 Å². The van der Waals surface area contributed by atoms with Crippen molar-refractivity contribution < 1.29 is 9.59 Å². The summed E-state index contributed by atoms with van der Waals surface area (Å²) in [5, 5.41) is 7.41. The van der Waals surface area contributed by atoms with Crippen molar-refractivity contribution in [1.82, 2.24) is 25.3 Å². The molecule has 1 aliphatic carbocycles. The van der Waals surface area contributed by atoms with Gasteiger partial charge in [0.15, 0.2) is 0 Å². The topological polar surface area (TPSA) is 67.9 Å². The van der Waals surface area contributed by atoms with Crippen molar-refractivity contribution in [3.05, 3.63) is 70.2 Å². The number of hydrogen-bond donors (Lipinski definition) is 2. The van der Waals surface area contributed by atoms with Crippen molar-refractivity contribution >= 4 is 23.4 Å². The summed E-state index contributed by atoms with van der Waals surface area (Å²) in [6.07, 6.45) is 7.69. The zero-order valence-electron chi connectivity index (χ0n) is 27.9. The minimum Gasteiger partial charge on any atom is -0.343 e. The number of likely N-dealkylation sites (N-methyl/N-ethyl adjacent to an activating group) is 1. The summed E-state index contributed by atoms with van der Waals surface area (Å²) in [6, 6.07) is 15.4. The Balaban J connectivity index is 1.28. The van der Waals surface area contributed by atoms with E-state index in [1.807, 2.05) is 41.3 Å². The molecule has 2 amide bonds. The van der Waals surface area contributed by atoms with E-state index in [4.69, 9.17) is 11.6 Å². The van der Waals surface area contributed by atoms with Gasteiger partial charge in [-0.15, -0.1) is 0 Å². The second-order valence-corrected chi connectivity index (χ2v) is 14.3. The number of piperazine rings is 1. The second kappa shape index (κ2) is 15.4. The predicted molar refractivity (Wildman–Crippen MR) is 183 cm³/mol. The zero-order valence-corrected chi connectivity index (χ0v) is 28.6. The molecule has 1 saturated heterocycles. The molecule has 0 bridgehead atoms. The number of hydrogen-bond acceptors (Lipinski definition) is 5. The van der Waals surface area contributed by atoms with E-state index in [9.17, 15) is 9.59 Å². The normalized spacial score (nSPS) is 22.1. The van der Waals surface area contributed by atoms with Crippen LogP contribution >= 0.6 is 11.6 Å². The van der Waals surface area contributed by atoms with E-state index in [0.29, 0.717) is 37.0 Å². The van der Waals surface area contributed by atoms with Crippen molar-refractivity contribution in [2.24, 2.45) is 5.92 Å². The molecule has 5 rings (SSSR count). The SMILES string of the molecule is CCN(CC)CC(C1CCCCC1)N1CCN(C(=O)[C@@H](Cc2ccc(Cl)cc2)NC(=O)C2Cc3ccccc3C(C)(C)N2)CC1. The van der Waals surface area contributed by atoms with Gasteiger partial charge in [-0.1, -0.05) is 81.1 Å². The van der Waals surface area contributed by atoms with E-state index >= 15 is 0 Å². The first-order chi connectivity index (χ1) is 21.7. The molecule has 2 aromatic rings. The van der Waals surface area contributed by atoms with Crippen molar-refractivity contribution in [2.75, 3.05) is 45.8 Å². The Hall–Kier alpha value is -2.45. The van der Waals surface area contributed by atoms with Crippen LogP contribution in [0.3, 0.4) is 0 Å². The number of amides is 2. The fourth-order valence-corrected chi connectivity index (χ4v) is 8.03. The Kier molecular flexibility index (Phi) is 11.6. The summed E-state index contributed by atoms with van der Waals surface area (Å²) in [5.74, 6) is 0.613. The largest absolute Gasteiger partial charge is 0.343 e. The van der Waals surface area contributed by atoms with E-state index in [2.05, 4.69) is 60.3 Å². The molecule has 2 aromatic carbocycles.